The van der Waals surface area contributed by atoms with Gasteiger partial charge >= 0.3 is 23.2 Å². The van der Waals surface area contributed by atoms with Gasteiger partial charge in [-0.15, -0.1) is 0 Å². The van der Waals surface area contributed by atoms with E-state index in [2.05, 4.69) is 0 Å². The van der Waals surface area contributed by atoms with Gasteiger partial charge in [-0.05, 0) is 0 Å². The summed E-state index contributed by atoms with van der Waals surface area (Å²) >= 11 is 0.333. The Labute approximate surface area is 162 Å². The van der Waals surface area contributed by atoms with Crippen molar-refractivity contribution in [1.82, 2.24) is 0 Å². The summed E-state index contributed by atoms with van der Waals surface area (Å²) in [6, 6.07) is 0. The molecule has 0 rings (SSSR count). The second kappa shape index (κ2) is 58.6. The molecule has 0 amide bonds. The summed E-state index contributed by atoms with van der Waals surface area (Å²) in [7, 11) is 0. The summed E-state index contributed by atoms with van der Waals surface area (Å²) in [6.45, 7) is 0. The molecule has 0 saturated carbocycles. The molecule has 0 aromatic carbocycles. The zero-order chi connectivity index (χ0) is 2.00. The largest absolute Gasteiger partial charge is 0 e. The summed E-state index contributed by atoms with van der Waals surface area (Å²) < 4.78 is 8.33. The van der Waals surface area contributed by atoms with Crippen LogP contribution in [0.5, 0.6) is 0 Å². The molecule has 0 aromatic heterocycles. The predicted molar refractivity (Wildman–Crippen MR) is 17.9 cm³/mol. The molecule has 0 bridgehead atoms. The normalized spacial score (nSPS) is 0.500. The van der Waals surface area contributed by atoms with E-state index >= 15 is 0 Å². The van der Waals surface area contributed by atoms with Crippen LogP contribution in [0.4, 0.5) is 0 Å². The minimum Gasteiger partial charge on any atom is 0 e. The first kappa shape index (κ1) is 52.3. The minimum atomic E-state index is 0. The molecule has 0 fully saturated rings. The van der Waals surface area contributed by atoms with Gasteiger partial charge in [0, 0.05) is 143 Å². The van der Waals surface area contributed by atoms with Gasteiger partial charge in [-0.2, -0.15) is 0 Å². The Morgan fingerprint density at radius 1 is 1.12 bits per heavy atom. The van der Waals surface area contributed by atoms with Crippen molar-refractivity contribution in [2.24, 2.45) is 0 Å². The van der Waals surface area contributed by atoms with E-state index in [0.29, 0.717) is 19.8 Å². The van der Waals surface area contributed by atoms with Gasteiger partial charge in [0.2, 0.25) is 0 Å². The second-order valence-corrected chi connectivity index (χ2v) is 0. The third-order valence-corrected chi connectivity index (χ3v) is 0. The van der Waals surface area contributed by atoms with Crippen molar-refractivity contribution in [3.05, 3.63) is 0 Å². The molecule has 0 aromatic rings. The van der Waals surface area contributed by atoms with E-state index in [4.69, 9.17) is 3.40 Å². The topological polar surface area (TPSA) is 17.1 Å². The van der Waals surface area contributed by atoms with Crippen molar-refractivity contribution in [2.45, 2.75) is 0 Å². The molecule has 0 heterocycles. The fraction of sp³-hybridized carbons (Fsp3) is 0. The van der Waals surface area contributed by atoms with E-state index in [9.17, 15) is 0 Å². The molecule has 0 N–H and O–H groups in total. The number of hydrogen-bond donors (Lipinski definition) is 0. The minimum absolute atomic E-state index is 0. The van der Waals surface area contributed by atoms with Crippen molar-refractivity contribution in [3.8, 4) is 0 Å². The fourth-order valence-corrected chi connectivity index (χ4v) is 0. The maximum atomic E-state index is 8.33. The van der Waals surface area contributed by atoms with E-state index in [1.165, 1.54) is 0 Å². The monoisotopic (exact) mass is 689 g/mol. The van der Waals surface area contributed by atoms with Crippen LogP contribution in [0.15, 0.2) is 0 Å². The van der Waals surface area contributed by atoms with Crippen LogP contribution >= 0.6 is 0 Å². The Balaban J connectivity index is -0.000000000333. The van der Waals surface area contributed by atoms with Crippen molar-refractivity contribution in [1.29, 1.82) is 0 Å². The number of hydrogen-bond acceptors (Lipinski definition) is 1. The molecule has 45 valence electrons. The smallest absolute Gasteiger partial charge is 0 e. The van der Waals surface area contributed by atoms with Crippen LogP contribution < -0.4 is 0 Å². The molecule has 0 atom stereocenters. The van der Waals surface area contributed by atoms with Crippen LogP contribution in [0, 0.1) is 0 Å². The summed E-state index contributed by atoms with van der Waals surface area (Å²) in [5.41, 5.74) is 0. The molecule has 0 unspecified atom stereocenters. The molecule has 9 radical (unpaired) electrons. The molecule has 0 saturated heterocycles. The van der Waals surface area contributed by atoms with Gasteiger partial charge in [-0.3, -0.25) is 0 Å². The van der Waals surface area contributed by atoms with Crippen LogP contribution in [0.3, 0.4) is 0 Å². The average Bonchev–Trinajstić information content (AvgIpc) is 1.00. The van der Waals surface area contributed by atoms with Gasteiger partial charge in [0.05, 0.1) is 0 Å². The fourth-order valence-electron chi connectivity index (χ4n) is 0. The second-order valence-electron chi connectivity index (χ2n) is 0. The maximum Gasteiger partial charge on any atom is 0 e. The zero-order valence-electron chi connectivity index (χ0n) is 3.86. The summed E-state index contributed by atoms with van der Waals surface area (Å²) in [6.07, 6.45) is 0. The van der Waals surface area contributed by atoms with Gasteiger partial charge in [-0.1, -0.05) is 0 Å². The van der Waals surface area contributed by atoms with E-state index in [0.717, 1.165) is 0 Å². The zero-order valence-corrected chi connectivity index (χ0v) is 18.5. The Kier molecular flexibility index (Phi) is 383. The number of rotatable bonds is 0. The van der Waals surface area contributed by atoms with E-state index in [1.807, 2.05) is 0 Å². The standard InChI is InChI=1S/Bi.Co.Fe.K.Mo.O.Si.W. The molecule has 1 nitrogen and oxygen atoms in total. The van der Waals surface area contributed by atoms with E-state index in [-0.39, 0.29) is 143 Å². The van der Waals surface area contributed by atoms with Gasteiger partial charge in [-0.25, -0.2) is 0 Å². The molecule has 8 heteroatoms. The quantitative estimate of drug-likeness (QED) is 0.291. The molecular weight excluding hydrogens is 687 g/mol. The van der Waals surface area contributed by atoms with Crippen molar-refractivity contribution < 1.29 is 78.1 Å². The Morgan fingerprint density at radius 2 is 1.12 bits per heavy atom. The Hall–Kier alpha value is 4.94. The molecule has 0 spiro atoms. The third kappa shape index (κ3) is 44.3. The first-order valence-corrected chi connectivity index (χ1v) is 1.36. The van der Waals surface area contributed by atoms with Gasteiger partial charge in [0.1, 0.15) is 0 Å². The van der Waals surface area contributed by atoms with Crippen molar-refractivity contribution in [2.75, 3.05) is 0 Å². The predicted octanol–water partition coefficient (Wildman–Crippen LogP) is -1.27. The first-order valence-electron chi connectivity index (χ1n) is 0.167. The van der Waals surface area contributed by atoms with Crippen LogP contribution in [0.2, 0.25) is 0 Å². The van der Waals surface area contributed by atoms with Crippen LogP contribution in [-0.2, 0) is 78.1 Å². The summed E-state index contributed by atoms with van der Waals surface area (Å²) in [4.78, 5) is 0. The summed E-state index contributed by atoms with van der Waals surface area (Å²) in [5.74, 6) is 0. The Bertz CT molecular complexity index is 24.0. The molecule has 0 aliphatic heterocycles. The summed E-state index contributed by atoms with van der Waals surface area (Å²) in [5, 5.41) is 0. The Morgan fingerprint density at radius 3 is 1.12 bits per heavy atom. The van der Waals surface area contributed by atoms with E-state index < -0.39 is 0 Å². The van der Waals surface area contributed by atoms with E-state index in [1.54, 1.807) is 0 Å². The molecule has 8 heavy (non-hydrogen) atoms. The van der Waals surface area contributed by atoms with Gasteiger partial charge in [0.25, 0.3) is 0 Å². The third-order valence-electron chi connectivity index (χ3n) is 0. The SMILES string of the molecule is [Bi].[Co].[Fe].[K].[Mo].[O]=[W].[Si]. The molecule has 0 aliphatic rings. The van der Waals surface area contributed by atoms with Crippen LogP contribution in [-0.4, -0.2) is 88.6 Å². The van der Waals surface area contributed by atoms with Crippen LogP contribution in [0.1, 0.15) is 0 Å². The van der Waals surface area contributed by atoms with Crippen LogP contribution in [0.25, 0.3) is 0 Å². The van der Waals surface area contributed by atoms with Crippen molar-refractivity contribution >= 4 is 88.6 Å². The van der Waals surface area contributed by atoms with Gasteiger partial charge in [0.15, 0.2) is 0 Å². The van der Waals surface area contributed by atoms with Crippen molar-refractivity contribution in [3.63, 3.8) is 0 Å². The molecule has 0 aliphatic carbocycles. The average molecular weight is 687 g/mol. The maximum absolute atomic E-state index is 8.33. The van der Waals surface area contributed by atoms with Gasteiger partial charge < -0.3 is 0 Å². The first-order chi connectivity index (χ1) is 1.00. The molecular formula is BiCoFeKMoOSiW.